The van der Waals surface area contributed by atoms with Crippen LogP contribution in [0, 0.1) is 6.92 Å². The van der Waals surface area contributed by atoms with Crippen LogP contribution in [-0.2, 0) is 19.9 Å². The zero-order chi connectivity index (χ0) is 15.4. The van der Waals surface area contributed by atoms with Gasteiger partial charge in [0.1, 0.15) is 0 Å². The van der Waals surface area contributed by atoms with Crippen LogP contribution in [0.1, 0.15) is 48.3 Å². The van der Waals surface area contributed by atoms with E-state index in [9.17, 15) is 0 Å². The van der Waals surface area contributed by atoms with Crippen molar-refractivity contribution in [1.82, 2.24) is 20.1 Å². The molecule has 1 atom stereocenters. The zero-order valence-electron chi connectivity index (χ0n) is 13.1. The third kappa shape index (κ3) is 3.73. The number of thiazole rings is 1. The van der Waals surface area contributed by atoms with Gasteiger partial charge in [0.05, 0.1) is 27.1 Å². The summed E-state index contributed by atoms with van der Waals surface area (Å²) in [4.78, 5) is 5.73. The van der Waals surface area contributed by atoms with Crippen LogP contribution < -0.4 is 5.32 Å². The molecule has 1 unspecified atom stereocenters. The van der Waals surface area contributed by atoms with Crippen molar-refractivity contribution in [2.45, 2.75) is 46.1 Å². The van der Waals surface area contributed by atoms with Gasteiger partial charge in [-0.15, -0.1) is 11.3 Å². The lowest BCUT2D eigenvalue weighted by atomic mass is 10.1. The monoisotopic (exact) mass is 370 g/mol. The smallest absolute Gasteiger partial charge is 0.0798 e. The van der Waals surface area contributed by atoms with Crippen molar-refractivity contribution in [3.63, 3.8) is 0 Å². The highest BCUT2D eigenvalue weighted by Crippen LogP contribution is 2.29. The fraction of sp³-hybridized carbons (Fsp3) is 0.600. The molecule has 0 aliphatic carbocycles. The Balaban J connectivity index is 2.27. The molecule has 2 rings (SSSR count). The Morgan fingerprint density at radius 2 is 2.19 bits per heavy atom. The molecule has 0 aromatic carbocycles. The first-order valence-corrected chi connectivity index (χ1v) is 9.09. The molecule has 0 aliphatic rings. The minimum Gasteiger partial charge on any atom is -0.309 e. The Morgan fingerprint density at radius 3 is 2.71 bits per heavy atom. The van der Waals surface area contributed by atoms with Gasteiger partial charge in [0.15, 0.2) is 0 Å². The van der Waals surface area contributed by atoms with E-state index < -0.39 is 0 Å². The molecule has 0 saturated heterocycles. The summed E-state index contributed by atoms with van der Waals surface area (Å²) in [5.74, 6) is 0. The molecular weight excluding hydrogens is 348 g/mol. The normalized spacial score (nSPS) is 12.8. The summed E-state index contributed by atoms with van der Waals surface area (Å²) >= 11 is 5.45. The third-order valence-corrected chi connectivity index (χ3v) is 5.60. The highest BCUT2D eigenvalue weighted by Gasteiger charge is 2.21. The lowest BCUT2D eigenvalue weighted by molar-refractivity contribution is 0.515. The van der Waals surface area contributed by atoms with Gasteiger partial charge in [0, 0.05) is 24.4 Å². The maximum atomic E-state index is 4.60. The molecule has 0 saturated carbocycles. The maximum Gasteiger partial charge on any atom is 0.0798 e. The van der Waals surface area contributed by atoms with Gasteiger partial charge in [-0.2, -0.15) is 5.10 Å². The Kier molecular flexibility index (Phi) is 5.96. The topological polar surface area (TPSA) is 42.7 Å². The van der Waals surface area contributed by atoms with Crippen molar-refractivity contribution < 1.29 is 0 Å². The number of nitrogens with one attached hydrogen (secondary N) is 1. The van der Waals surface area contributed by atoms with Crippen molar-refractivity contribution in [3.8, 4) is 0 Å². The van der Waals surface area contributed by atoms with E-state index in [-0.39, 0.29) is 0 Å². The van der Waals surface area contributed by atoms with Crippen LogP contribution in [-0.4, -0.2) is 21.3 Å². The second-order valence-electron chi connectivity index (χ2n) is 5.20. The first-order chi connectivity index (χ1) is 10.1. The molecule has 2 heterocycles. The number of rotatable bonds is 7. The van der Waals surface area contributed by atoms with Crippen molar-refractivity contribution in [2.75, 3.05) is 6.54 Å². The van der Waals surface area contributed by atoms with Gasteiger partial charge in [-0.25, -0.2) is 4.98 Å². The van der Waals surface area contributed by atoms with E-state index in [0.29, 0.717) is 6.04 Å². The minimum atomic E-state index is 0.300. The van der Waals surface area contributed by atoms with Crippen LogP contribution in [0.15, 0.2) is 9.98 Å². The maximum absolute atomic E-state index is 4.60. The Bertz CT molecular complexity index is 591. The van der Waals surface area contributed by atoms with E-state index in [1.54, 1.807) is 11.3 Å². The van der Waals surface area contributed by atoms with E-state index in [0.717, 1.165) is 41.7 Å². The van der Waals surface area contributed by atoms with E-state index in [2.05, 4.69) is 52.1 Å². The van der Waals surface area contributed by atoms with Gasteiger partial charge in [-0.05, 0) is 42.2 Å². The van der Waals surface area contributed by atoms with Crippen LogP contribution in [0.3, 0.4) is 0 Å². The Labute approximate surface area is 139 Å². The molecule has 0 amide bonds. The predicted molar refractivity (Wildman–Crippen MR) is 91.9 cm³/mol. The fourth-order valence-corrected chi connectivity index (χ4v) is 4.11. The number of halogens is 1. The molecule has 6 heteroatoms. The second kappa shape index (κ2) is 7.51. The number of hydrogen-bond acceptors (Lipinski definition) is 4. The molecule has 21 heavy (non-hydrogen) atoms. The van der Waals surface area contributed by atoms with Gasteiger partial charge in [0.2, 0.25) is 0 Å². The summed E-state index contributed by atoms with van der Waals surface area (Å²) in [6.45, 7) is 7.43. The van der Waals surface area contributed by atoms with Crippen molar-refractivity contribution in [2.24, 2.45) is 7.05 Å². The first-order valence-electron chi connectivity index (χ1n) is 7.42. The van der Waals surface area contributed by atoms with E-state index in [1.165, 1.54) is 10.6 Å². The largest absolute Gasteiger partial charge is 0.309 e. The van der Waals surface area contributed by atoms with E-state index in [1.807, 2.05) is 17.2 Å². The molecule has 0 fully saturated rings. The van der Waals surface area contributed by atoms with Crippen molar-refractivity contribution in [3.05, 3.63) is 31.9 Å². The summed E-state index contributed by atoms with van der Waals surface area (Å²) in [6, 6.07) is 0.300. The number of nitrogens with zero attached hydrogens (tertiary/aromatic N) is 3. The van der Waals surface area contributed by atoms with Crippen LogP contribution in [0.25, 0.3) is 0 Å². The van der Waals surface area contributed by atoms with Crippen molar-refractivity contribution in [1.29, 1.82) is 0 Å². The number of aromatic nitrogens is 3. The zero-order valence-corrected chi connectivity index (χ0v) is 15.5. The molecule has 0 radical (unpaired) electrons. The summed E-state index contributed by atoms with van der Waals surface area (Å²) in [6.07, 6.45) is 3.00. The predicted octanol–water partition coefficient (Wildman–Crippen LogP) is 3.79. The van der Waals surface area contributed by atoms with Gasteiger partial charge in [0.25, 0.3) is 0 Å². The molecule has 1 N–H and O–H groups in total. The third-order valence-electron chi connectivity index (χ3n) is 3.64. The highest BCUT2D eigenvalue weighted by atomic mass is 79.9. The first kappa shape index (κ1) is 16.6. The fourth-order valence-electron chi connectivity index (χ4n) is 2.46. The lowest BCUT2D eigenvalue weighted by Gasteiger charge is -2.18. The summed E-state index contributed by atoms with van der Waals surface area (Å²) < 4.78 is 3.15. The summed E-state index contributed by atoms with van der Waals surface area (Å²) in [7, 11) is 2.02. The summed E-state index contributed by atoms with van der Waals surface area (Å²) in [5.41, 5.74) is 5.43. The van der Waals surface area contributed by atoms with Crippen LogP contribution >= 0.6 is 27.3 Å². The molecule has 116 valence electrons. The molecular formula is C15H23BrN4S. The highest BCUT2D eigenvalue weighted by molar-refractivity contribution is 9.10. The average Bonchev–Trinajstić information content (AvgIpc) is 3.00. The molecule has 0 bridgehead atoms. The average molecular weight is 371 g/mol. The molecule has 2 aromatic rings. The van der Waals surface area contributed by atoms with Gasteiger partial charge in [-0.1, -0.05) is 13.8 Å². The quantitative estimate of drug-likeness (QED) is 0.805. The van der Waals surface area contributed by atoms with Crippen LogP contribution in [0.4, 0.5) is 0 Å². The molecule has 0 aliphatic heterocycles. The number of hydrogen-bond donors (Lipinski definition) is 1. The molecule has 4 nitrogen and oxygen atoms in total. The number of aryl methyl sites for hydroxylation is 3. The van der Waals surface area contributed by atoms with Gasteiger partial charge in [-0.3, -0.25) is 4.68 Å². The lowest BCUT2D eigenvalue weighted by Crippen LogP contribution is -2.25. The van der Waals surface area contributed by atoms with Crippen LogP contribution in [0.2, 0.25) is 0 Å². The molecule has 2 aromatic heterocycles. The molecule has 0 spiro atoms. The standard InChI is InChI=1S/C15H23BrN4S/c1-5-7-17-12(15-10(3)18-9-21-15)8-13-14(16)11(6-2)19-20(13)4/h9,12,17H,5-8H2,1-4H3. The van der Waals surface area contributed by atoms with Crippen molar-refractivity contribution >= 4 is 27.3 Å². The van der Waals surface area contributed by atoms with Crippen LogP contribution in [0.5, 0.6) is 0 Å². The Morgan fingerprint density at radius 1 is 1.43 bits per heavy atom. The van der Waals surface area contributed by atoms with E-state index >= 15 is 0 Å². The Hall–Kier alpha value is -0.720. The van der Waals surface area contributed by atoms with E-state index in [4.69, 9.17) is 0 Å². The second-order valence-corrected chi connectivity index (χ2v) is 6.88. The van der Waals surface area contributed by atoms with Gasteiger partial charge >= 0.3 is 0 Å². The minimum absolute atomic E-state index is 0.300. The summed E-state index contributed by atoms with van der Waals surface area (Å²) in [5, 5.41) is 8.25. The van der Waals surface area contributed by atoms with Gasteiger partial charge < -0.3 is 5.32 Å². The SMILES string of the molecule is CCCNC(Cc1c(Br)c(CC)nn1C)c1scnc1C.